The molecular formula is C23H31BO3. The van der Waals surface area contributed by atoms with Gasteiger partial charge in [-0.15, -0.1) is 0 Å². The third kappa shape index (κ3) is 4.22. The predicted octanol–water partition coefficient (Wildman–Crippen LogP) is 4.86. The van der Waals surface area contributed by atoms with Crippen molar-refractivity contribution in [3.05, 3.63) is 59.7 Å². The summed E-state index contributed by atoms with van der Waals surface area (Å²) >= 11 is 0. The van der Waals surface area contributed by atoms with E-state index in [4.69, 9.17) is 14.0 Å². The molecule has 1 aliphatic rings. The molecule has 3 rings (SSSR count). The zero-order valence-electron chi connectivity index (χ0n) is 17.6. The summed E-state index contributed by atoms with van der Waals surface area (Å²) in [7, 11) is -0.435. The van der Waals surface area contributed by atoms with Crippen molar-refractivity contribution in [2.24, 2.45) is 0 Å². The lowest BCUT2D eigenvalue weighted by Crippen LogP contribution is -2.41. The molecule has 0 amide bonds. The maximum atomic E-state index is 6.27. The second-order valence-electron chi connectivity index (χ2n) is 9.37. The highest BCUT2D eigenvalue weighted by atomic mass is 16.7. The highest BCUT2D eigenvalue weighted by Crippen LogP contribution is 2.37. The van der Waals surface area contributed by atoms with Gasteiger partial charge in [0.15, 0.2) is 0 Å². The fourth-order valence-electron chi connectivity index (χ4n) is 3.03. The summed E-state index contributed by atoms with van der Waals surface area (Å²) in [5.41, 5.74) is 2.59. The van der Waals surface area contributed by atoms with E-state index in [2.05, 4.69) is 78.8 Å². The number of hydrogen-bond donors (Lipinski definition) is 0. The van der Waals surface area contributed by atoms with Crippen LogP contribution in [0.3, 0.4) is 0 Å². The Labute approximate surface area is 164 Å². The van der Waals surface area contributed by atoms with Crippen molar-refractivity contribution in [2.45, 2.75) is 71.7 Å². The van der Waals surface area contributed by atoms with Gasteiger partial charge in [-0.3, -0.25) is 0 Å². The van der Waals surface area contributed by atoms with Crippen LogP contribution in [0.4, 0.5) is 0 Å². The van der Waals surface area contributed by atoms with Gasteiger partial charge in [-0.05, 0) is 50.3 Å². The topological polar surface area (TPSA) is 27.7 Å². The van der Waals surface area contributed by atoms with Gasteiger partial charge in [0, 0.05) is 5.46 Å². The van der Waals surface area contributed by atoms with Gasteiger partial charge in [0.2, 0.25) is 0 Å². The summed E-state index contributed by atoms with van der Waals surface area (Å²) in [4.78, 5) is 0. The van der Waals surface area contributed by atoms with Gasteiger partial charge in [-0.25, -0.2) is 0 Å². The van der Waals surface area contributed by atoms with Crippen molar-refractivity contribution in [3.63, 3.8) is 0 Å². The van der Waals surface area contributed by atoms with Crippen LogP contribution < -0.4 is 10.2 Å². The monoisotopic (exact) mass is 366 g/mol. The zero-order valence-corrected chi connectivity index (χ0v) is 17.6. The average Bonchev–Trinajstić information content (AvgIpc) is 2.80. The summed E-state index contributed by atoms with van der Waals surface area (Å²) in [6.45, 7) is 15.4. The lowest BCUT2D eigenvalue weighted by molar-refractivity contribution is 0.00578. The molecule has 2 aromatic rings. The lowest BCUT2D eigenvalue weighted by Gasteiger charge is -2.32. The zero-order chi connectivity index (χ0) is 19.9. The molecule has 1 heterocycles. The maximum absolute atomic E-state index is 6.27. The minimum atomic E-state index is -0.435. The minimum absolute atomic E-state index is 0.0410. The molecule has 27 heavy (non-hydrogen) atoms. The Morgan fingerprint density at radius 3 is 2.04 bits per heavy atom. The first kappa shape index (κ1) is 20.0. The highest BCUT2D eigenvalue weighted by molar-refractivity contribution is 6.63. The van der Waals surface area contributed by atoms with Crippen LogP contribution in [0.1, 0.15) is 59.6 Å². The van der Waals surface area contributed by atoms with Crippen LogP contribution in [-0.2, 0) is 21.3 Å². The third-order valence-electron chi connectivity index (χ3n) is 5.62. The molecule has 0 N–H and O–H groups in total. The van der Waals surface area contributed by atoms with E-state index in [1.165, 1.54) is 5.56 Å². The van der Waals surface area contributed by atoms with Gasteiger partial charge < -0.3 is 14.0 Å². The fourth-order valence-corrected chi connectivity index (χ4v) is 3.03. The largest absolute Gasteiger partial charge is 0.498 e. The van der Waals surface area contributed by atoms with Crippen molar-refractivity contribution < 1.29 is 14.0 Å². The molecule has 0 unspecified atom stereocenters. The standard InChI is InChI=1S/C23H31BO3/c1-21(2,3)18-13-14-19(24-26-22(4,5)23(6,7)27-24)20(15-18)25-16-17-11-9-8-10-12-17/h8-15H,16H2,1-7H3. The van der Waals surface area contributed by atoms with E-state index in [-0.39, 0.29) is 16.6 Å². The first-order chi connectivity index (χ1) is 12.5. The van der Waals surface area contributed by atoms with E-state index in [0.717, 1.165) is 16.8 Å². The Bertz CT molecular complexity index is 775. The van der Waals surface area contributed by atoms with Crippen LogP contribution in [-0.4, -0.2) is 18.3 Å². The first-order valence-electron chi connectivity index (χ1n) is 9.66. The Balaban J connectivity index is 1.93. The average molecular weight is 366 g/mol. The Hall–Kier alpha value is -1.78. The van der Waals surface area contributed by atoms with Crippen LogP contribution in [0, 0.1) is 0 Å². The number of ether oxygens (including phenoxy) is 1. The van der Waals surface area contributed by atoms with Gasteiger partial charge in [0.05, 0.1) is 11.2 Å². The molecule has 0 atom stereocenters. The van der Waals surface area contributed by atoms with Gasteiger partial charge in [-0.1, -0.05) is 63.2 Å². The molecule has 0 aromatic heterocycles. The lowest BCUT2D eigenvalue weighted by atomic mass is 9.76. The maximum Gasteiger partial charge on any atom is 0.498 e. The number of hydrogen-bond acceptors (Lipinski definition) is 3. The molecular weight excluding hydrogens is 335 g/mol. The number of rotatable bonds is 4. The molecule has 0 aliphatic carbocycles. The quantitative estimate of drug-likeness (QED) is 0.723. The Morgan fingerprint density at radius 1 is 0.889 bits per heavy atom. The van der Waals surface area contributed by atoms with E-state index < -0.39 is 7.12 Å². The second-order valence-corrected chi connectivity index (χ2v) is 9.37. The SMILES string of the molecule is CC(C)(C)c1ccc(B2OC(C)(C)C(C)(C)O2)c(OCc2ccccc2)c1. The molecule has 0 radical (unpaired) electrons. The van der Waals surface area contributed by atoms with Crippen LogP contribution >= 0.6 is 0 Å². The van der Waals surface area contributed by atoms with Crippen LogP contribution in [0.2, 0.25) is 0 Å². The van der Waals surface area contributed by atoms with Crippen molar-refractivity contribution >= 4 is 12.6 Å². The normalized spacial score (nSPS) is 18.6. The summed E-state index contributed by atoms with van der Waals surface area (Å²) < 4.78 is 18.8. The summed E-state index contributed by atoms with van der Waals surface area (Å²) in [5.74, 6) is 0.824. The molecule has 0 spiro atoms. The predicted molar refractivity (Wildman–Crippen MR) is 112 cm³/mol. The molecule has 1 aliphatic heterocycles. The van der Waals surface area contributed by atoms with E-state index in [9.17, 15) is 0 Å². The second kappa shape index (κ2) is 6.99. The van der Waals surface area contributed by atoms with Crippen LogP contribution in [0.15, 0.2) is 48.5 Å². The van der Waals surface area contributed by atoms with E-state index >= 15 is 0 Å². The van der Waals surface area contributed by atoms with Crippen molar-refractivity contribution in [1.82, 2.24) is 0 Å². The third-order valence-corrected chi connectivity index (χ3v) is 5.62. The molecule has 1 fully saturated rings. The van der Waals surface area contributed by atoms with E-state index in [0.29, 0.717) is 6.61 Å². The number of benzene rings is 2. The molecule has 1 saturated heterocycles. The van der Waals surface area contributed by atoms with Gasteiger partial charge >= 0.3 is 7.12 Å². The van der Waals surface area contributed by atoms with Crippen LogP contribution in [0.5, 0.6) is 5.75 Å². The molecule has 0 saturated carbocycles. The molecule has 3 nitrogen and oxygen atoms in total. The minimum Gasteiger partial charge on any atom is -0.489 e. The van der Waals surface area contributed by atoms with E-state index in [1.54, 1.807) is 0 Å². The Kier molecular flexibility index (Phi) is 5.17. The molecule has 0 bridgehead atoms. The van der Waals surface area contributed by atoms with Crippen molar-refractivity contribution in [1.29, 1.82) is 0 Å². The Morgan fingerprint density at radius 2 is 1.48 bits per heavy atom. The van der Waals surface area contributed by atoms with Gasteiger partial charge in [-0.2, -0.15) is 0 Å². The smallest absolute Gasteiger partial charge is 0.489 e. The first-order valence-corrected chi connectivity index (χ1v) is 9.66. The van der Waals surface area contributed by atoms with Crippen LogP contribution in [0.25, 0.3) is 0 Å². The highest BCUT2D eigenvalue weighted by Gasteiger charge is 2.52. The summed E-state index contributed by atoms with van der Waals surface area (Å²) in [6, 6.07) is 16.6. The van der Waals surface area contributed by atoms with Crippen molar-refractivity contribution in [2.75, 3.05) is 0 Å². The molecule has 144 valence electrons. The summed E-state index contributed by atoms with van der Waals surface area (Å²) in [6.07, 6.45) is 0. The van der Waals surface area contributed by atoms with E-state index in [1.807, 2.05) is 18.2 Å². The van der Waals surface area contributed by atoms with Gasteiger partial charge in [0.25, 0.3) is 0 Å². The summed E-state index contributed by atoms with van der Waals surface area (Å²) in [5, 5.41) is 0. The van der Waals surface area contributed by atoms with Gasteiger partial charge in [0.1, 0.15) is 12.4 Å². The van der Waals surface area contributed by atoms with Crippen molar-refractivity contribution in [3.8, 4) is 5.75 Å². The fraction of sp³-hybridized carbons (Fsp3) is 0.478. The molecule has 2 aromatic carbocycles. The molecule has 4 heteroatoms.